The Morgan fingerprint density at radius 1 is 1.43 bits per heavy atom. The Morgan fingerprint density at radius 2 is 2.24 bits per heavy atom. The summed E-state index contributed by atoms with van der Waals surface area (Å²) in [6.07, 6.45) is 6.24. The Balaban J connectivity index is 1.91. The molecule has 21 heavy (non-hydrogen) atoms. The monoisotopic (exact) mass is 293 g/mol. The molecule has 1 aromatic rings. The second-order valence-electron chi connectivity index (χ2n) is 5.82. The lowest BCUT2D eigenvalue weighted by molar-refractivity contribution is 0.0595. The molecule has 1 fully saturated rings. The van der Waals surface area contributed by atoms with Crippen LogP contribution in [0.15, 0.2) is 18.2 Å². The topological polar surface area (TPSA) is 38.3 Å². The van der Waals surface area contributed by atoms with E-state index in [-0.39, 0.29) is 5.56 Å². The average Bonchev–Trinajstić information content (AvgIpc) is 2.52. The lowest BCUT2D eigenvalue weighted by Crippen LogP contribution is -2.33. The van der Waals surface area contributed by atoms with Crippen LogP contribution >= 0.6 is 0 Å². The van der Waals surface area contributed by atoms with E-state index in [1.54, 1.807) is 6.07 Å². The number of ether oxygens (including phenoxy) is 1. The lowest BCUT2D eigenvalue weighted by atomic mass is 9.84. The normalized spacial score (nSPS) is 22.0. The first-order chi connectivity index (χ1) is 10.1. The summed E-state index contributed by atoms with van der Waals surface area (Å²) >= 11 is 0. The maximum atomic E-state index is 13.8. The van der Waals surface area contributed by atoms with E-state index in [9.17, 15) is 9.18 Å². The summed E-state index contributed by atoms with van der Waals surface area (Å²) in [5.74, 6) is -0.337. The van der Waals surface area contributed by atoms with E-state index in [2.05, 4.69) is 17.0 Å². The number of carbonyl (C=O) groups excluding carboxylic acids is 1. The Kier molecular flexibility index (Phi) is 5.74. The summed E-state index contributed by atoms with van der Waals surface area (Å²) < 4.78 is 18.4. The van der Waals surface area contributed by atoms with Crippen LogP contribution in [0.3, 0.4) is 0 Å². The molecule has 4 heteroatoms. The fourth-order valence-corrected chi connectivity index (χ4v) is 3.05. The third-order valence-corrected chi connectivity index (χ3v) is 4.39. The highest BCUT2D eigenvalue weighted by Crippen LogP contribution is 2.26. The van der Waals surface area contributed by atoms with Gasteiger partial charge in [-0.2, -0.15) is 0 Å². The van der Waals surface area contributed by atoms with Gasteiger partial charge in [-0.15, -0.1) is 0 Å². The molecule has 0 saturated heterocycles. The van der Waals surface area contributed by atoms with Gasteiger partial charge >= 0.3 is 5.97 Å². The summed E-state index contributed by atoms with van der Waals surface area (Å²) in [7, 11) is 1.25. The first-order valence-electron chi connectivity index (χ1n) is 7.74. The van der Waals surface area contributed by atoms with Crippen molar-refractivity contribution in [1.29, 1.82) is 0 Å². The highest BCUT2D eigenvalue weighted by atomic mass is 19.1. The maximum Gasteiger partial charge on any atom is 0.340 e. The quantitative estimate of drug-likeness (QED) is 0.842. The van der Waals surface area contributed by atoms with Crippen molar-refractivity contribution >= 4 is 5.97 Å². The zero-order chi connectivity index (χ0) is 15.2. The van der Waals surface area contributed by atoms with Gasteiger partial charge in [-0.3, -0.25) is 0 Å². The van der Waals surface area contributed by atoms with Gasteiger partial charge in [-0.05, 0) is 36.5 Å². The van der Waals surface area contributed by atoms with Crippen molar-refractivity contribution in [3.05, 3.63) is 35.1 Å². The molecule has 2 unspecified atom stereocenters. The average molecular weight is 293 g/mol. The molecule has 1 aromatic carbocycles. The maximum absolute atomic E-state index is 13.8. The van der Waals surface area contributed by atoms with E-state index < -0.39 is 11.8 Å². The molecule has 1 saturated carbocycles. The largest absolute Gasteiger partial charge is 0.465 e. The van der Waals surface area contributed by atoms with Crippen molar-refractivity contribution in [2.75, 3.05) is 7.11 Å². The van der Waals surface area contributed by atoms with Crippen molar-refractivity contribution in [3.63, 3.8) is 0 Å². The standard InChI is InChI=1S/C17H24FNO2/c1-3-12-5-4-6-14(9-12)19-11-13-7-8-15(16(18)10-13)17(20)21-2/h7-8,10,12,14,19H,3-6,9,11H2,1-2H3. The van der Waals surface area contributed by atoms with Crippen molar-refractivity contribution in [2.45, 2.75) is 51.6 Å². The van der Waals surface area contributed by atoms with Crippen molar-refractivity contribution in [3.8, 4) is 0 Å². The highest BCUT2D eigenvalue weighted by Gasteiger charge is 2.20. The molecule has 116 valence electrons. The van der Waals surface area contributed by atoms with Crippen LogP contribution in [0.5, 0.6) is 0 Å². The van der Waals surface area contributed by atoms with Gasteiger partial charge in [0.1, 0.15) is 5.82 Å². The molecule has 1 aliphatic carbocycles. The van der Waals surface area contributed by atoms with E-state index in [1.807, 2.05) is 0 Å². The molecule has 0 heterocycles. The smallest absolute Gasteiger partial charge is 0.340 e. The van der Waals surface area contributed by atoms with Gasteiger partial charge in [0.25, 0.3) is 0 Å². The number of hydrogen-bond donors (Lipinski definition) is 1. The van der Waals surface area contributed by atoms with Crippen LogP contribution in [0, 0.1) is 11.7 Å². The molecule has 0 bridgehead atoms. The molecule has 3 nitrogen and oxygen atoms in total. The fraction of sp³-hybridized carbons (Fsp3) is 0.588. The number of nitrogens with one attached hydrogen (secondary N) is 1. The van der Waals surface area contributed by atoms with Gasteiger partial charge in [-0.25, -0.2) is 9.18 Å². The van der Waals surface area contributed by atoms with Crippen molar-refractivity contribution in [2.24, 2.45) is 5.92 Å². The van der Waals surface area contributed by atoms with Gasteiger partial charge in [0.05, 0.1) is 12.7 Å². The van der Waals surface area contributed by atoms with Gasteiger partial charge in [0.15, 0.2) is 0 Å². The van der Waals surface area contributed by atoms with E-state index in [0.717, 1.165) is 11.5 Å². The SMILES string of the molecule is CCC1CCCC(NCc2ccc(C(=O)OC)c(F)c2)C1. The van der Waals surface area contributed by atoms with Crippen LogP contribution in [-0.4, -0.2) is 19.1 Å². The molecule has 0 aromatic heterocycles. The Hall–Kier alpha value is -1.42. The lowest BCUT2D eigenvalue weighted by Gasteiger charge is -2.29. The van der Waals surface area contributed by atoms with Crippen LogP contribution in [0.4, 0.5) is 4.39 Å². The van der Waals surface area contributed by atoms with E-state index in [0.29, 0.717) is 12.6 Å². The van der Waals surface area contributed by atoms with Crippen LogP contribution in [0.25, 0.3) is 0 Å². The number of benzene rings is 1. The molecule has 2 rings (SSSR count). The number of carbonyl (C=O) groups is 1. The number of rotatable bonds is 5. The first-order valence-corrected chi connectivity index (χ1v) is 7.74. The summed E-state index contributed by atoms with van der Waals surface area (Å²) in [6, 6.07) is 5.21. The van der Waals surface area contributed by atoms with Gasteiger partial charge < -0.3 is 10.1 Å². The highest BCUT2D eigenvalue weighted by molar-refractivity contribution is 5.89. The molecule has 0 amide bonds. The number of methoxy groups -OCH3 is 1. The zero-order valence-electron chi connectivity index (χ0n) is 12.8. The Labute approximate surface area is 125 Å². The van der Waals surface area contributed by atoms with Crippen LogP contribution in [0.1, 0.15) is 54.9 Å². The van der Waals surface area contributed by atoms with E-state index >= 15 is 0 Å². The number of hydrogen-bond acceptors (Lipinski definition) is 3. The third-order valence-electron chi connectivity index (χ3n) is 4.39. The second-order valence-corrected chi connectivity index (χ2v) is 5.82. The summed E-state index contributed by atoms with van der Waals surface area (Å²) in [5.41, 5.74) is 0.851. The van der Waals surface area contributed by atoms with Gasteiger partial charge in [0, 0.05) is 12.6 Å². The molecule has 1 aliphatic rings. The second kappa shape index (κ2) is 7.55. The predicted molar refractivity (Wildman–Crippen MR) is 80.6 cm³/mol. The van der Waals surface area contributed by atoms with E-state index in [4.69, 9.17) is 0 Å². The van der Waals surface area contributed by atoms with Crippen LogP contribution in [0.2, 0.25) is 0 Å². The molecule has 1 N–H and O–H groups in total. The summed E-state index contributed by atoms with van der Waals surface area (Å²) in [5, 5.41) is 3.51. The minimum Gasteiger partial charge on any atom is -0.465 e. The molecular formula is C17H24FNO2. The summed E-state index contributed by atoms with van der Waals surface area (Å²) in [4.78, 5) is 11.3. The van der Waals surface area contributed by atoms with Crippen LogP contribution < -0.4 is 5.32 Å². The Bertz CT molecular complexity index is 490. The minimum absolute atomic E-state index is 0.00929. The molecule has 0 aliphatic heterocycles. The molecule has 2 atom stereocenters. The Morgan fingerprint density at radius 3 is 2.90 bits per heavy atom. The number of esters is 1. The third kappa shape index (κ3) is 4.27. The van der Waals surface area contributed by atoms with Crippen LogP contribution in [-0.2, 0) is 11.3 Å². The van der Waals surface area contributed by atoms with Gasteiger partial charge in [-0.1, -0.05) is 32.3 Å². The van der Waals surface area contributed by atoms with Crippen molar-refractivity contribution < 1.29 is 13.9 Å². The van der Waals surface area contributed by atoms with Gasteiger partial charge in [0.2, 0.25) is 0 Å². The predicted octanol–water partition coefficient (Wildman–Crippen LogP) is 3.67. The zero-order valence-corrected chi connectivity index (χ0v) is 12.8. The minimum atomic E-state index is -0.634. The van der Waals surface area contributed by atoms with E-state index in [1.165, 1.54) is 51.3 Å². The fourth-order valence-electron chi connectivity index (χ4n) is 3.05. The molecular weight excluding hydrogens is 269 g/mol. The number of halogens is 1. The molecule has 0 radical (unpaired) electrons. The first kappa shape index (κ1) is 16.0. The molecule has 0 spiro atoms. The summed E-state index contributed by atoms with van der Waals surface area (Å²) in [6.45, 7) is 2.88. The van der Waals surface area contributed by atoms with Crippen molar-refractivity contribution in [1.82, 2.24) is 5.32 Å².